The van der Waals surface area contributed by atoms with Gasteiger partial charge in [-0.15, -0.1) is 0 Å². The Bertz CT molecular complexity index is 883. The average molecular weight is 383 g/mol. The minimum Gasteiger partial charge on any atom is -0.487 e. The Labute approximate surface area is 162 Å². The quantitative estimate of drug-likeness (QED) is 0.647. The molecule has 7 heteroatoms. The number of benzene rings is 2. The van der Waals surface area contributed by atoms with E-state index in [9.17, 15) is 9.90 Å². The summed E-state index contributed by atoms with van der Waals surface area (Å²) in [5.41, 5.74) is 3.18. The number of aromatic nitrogens is 2. The van der Waals surface area contributed by atoms with Crippen molar-refractivity contribution in [3.8, 4) is 5.75 Å². The molecule has 0 saturated heterocycles. The number of aliphatic hydroxyl groups is 1. The number of hydrogen-bond acceptors (Lipinski definition) is 6. The van der Waals surface area contributed by atoms with Crippen molar-refractivity contribution in [2.24, 2.45) is 0 Å². The highest BCUT2D eigenvalue weighted by atomic mass is 32.1. The molecule has 2 aromatic carbocycles. The van der Waals surface area contributed by atoms with Gasteiger partial charge in [0.15, 0.2) is 0 Å². The third-order valence-electron chi connectivity index (χ3n) is 4.08. The van der Waals surface area contributed by atoms with E-state index in [1.165, 1.54) is 0 Å². The highest BCUT2D eigenvalue weighted by Gasteiger charge is 2.16. The summed E-state index contributed by atoms with van der Waals surface area (Å²) >= 11 is 1.16. The molecule has 0 fully saturated rings. The number of aryl methyl sites for hydroxylation is 1. The standard InChI is InChI=1S/C20H21N3O3S/c1-15-19(22-27-21-15)14-26-18-9-5-8-17(12-18)20(25)23(10-11-24)13-16-6-3-2-4-7-16/h2-9,12,24H,10-11,13-14H2,1H3. The van der Waals surface area contributed by atoms with Gasteiger partial charge in [-0.3, -0.25) is 4.79 Å². The third-order valence-corrected chi connectivity index (χ3v) is 4.73. The molecule has 1 heterocycles. The SMILES string of the molecule is Cc1nsnc1COc1cccc(C(=O)N(CCO)Cc2ccccc2)c1. The number of carbonyl (C=O) groups is 1. The van der Waals surface area contributed by atoms with E-state index in [4.69, 9.17) is 4.74 Å². The lowest BCUT2D eigenvalue weighted by atomic mass is 10.1. The molecule has 1 N–H and O–H groups in total. The first-order valence-corrected chi connectivity index (χ1v) is 9.35. The maximum absolute atomic E-state index is 12.9. The van der Waals surface area contributed by atoms with Crippen molar-refractivity contribution in [3.63, 3.8) is 0 Å². The van der Waals surface area contributed by atoms with E-state index < -0.39 is 0 Å². The van der Waals surface area contributed by atoms with E-state index >= 15 is 0 Å². The van der Waals surface area contributed by atoms with Crippen LogP contribution in [0.1, 0.15) is 27.3 Å². The first kappa shape index (κ1) is 19.0. The van der Waals surface area contributed by atoms with Crippen LogP contribution in [0.5, 0.6) is 5.75 Å². The summed E-state index contributed by atoms with van der Waals surface area (Å²) in [7, 11) is 0. The lowest BCUT2D eigenvalue weighted by molar-refractivity contribution is 0.0707. The van der Waals surface area contributed by atoms with Crippen molar-refractivity contribution in [1.82, 2.24) is 13.6 Å². The minimum atomic E-state index is -0.148. The Morgan fingerprint density at radius 1 is 1.15 bits per heavy atom. The molecule has 0 radical (unpaired) electrons. The van der Waals surface area contributed by atoms with Crippen LogP contribution < -0.4 is 4.74 Å². The van der Waals surface area contributed by atoms with Gasteiger partial charge in [-0.1, -0.05) is 36.4 Å². The van der Waals surface area contributed by atoms with E-state index in [1.807, 2.05) is 37.3 Å². The zero-order chi connectivity index (χ0) is 19.1. The molecule has 1 amide bonds. The van der Waals surface area contributed by atoms with Crippen molar-refractivity contribution in [1.29, 1.82) is 0 Å². The summed E-state index contributed by atoms with van der Waals surface area (Å²) in [6, 6.07) is 16.8. The molecule has 0 atom stereocenters. The monoisotopic (exact) mass is 383 g/mol. The smallest absolute Gasteiger partial charge is 0.254 e. The van der Waals surface area contributed by atoms with Crippen LogP contribution in [0.25, 0.3) is 0 Å². The van der Waals surface area contributed by atoms with Gasteiger partial charge in [-0.25, -0.2) is 0 Å². The fourth-order valence-electron chi connectivity index (χ4n) is 2.61. The topological polar surface area (TPSA) is 75.6 Å². The number of ether oxygens (including phenoxy) is 1. The highest BCUT2D eigenvalue weighted by molar-refractivity contribution is 6.99. The summed E-state index contributed by atoms with van der Waals surface area (Å²) < 4.78 is 14.1. The van der Waals surface area contributed by atoms with Gasteiger partial charge in [0.05, 0.1) is 24.0 Å². The number of rotatable bonds is 8. The molecule has 6 nitrogen and oxygen atoms in total. The molecule has 0 unspecified atom stereocenters. The second-order valence-corrected chi connectivity index (χ2v) is 6.58. The second kappa shape index (κ2) is 9.25. The Hall–Kier alpha value is -2.77. The second-order valence-electron chi connectivity index (χ2n) is 6.05. The predicted molar refractivity (Wildman–Crippen MR) is 104 cm³/mol. The van der Waals surface area contributed by atoms with Gasteiger partial charge in [-0.2, -0.15) is 8.75 Å². The maximum atomic E-state index is 12.9. The van der Waals surface area contributed by atoms with E-state index in [0.29, 0.717) is 24.5 Å². The molecule has 27 heavy (non-hydrogen) atoms. The molecular weight excluding hydrogens is 362 g/mol. The predicted octanol–water partition coefficient (Wildman–Crippen LogP) is 3.06. The van der Waals surface area contributed by atoms with Gasteiger partial charge in [0.1, 0.15) is 18.1 Å². The summed E-state index contributed by atoms with van der Waals surface area (Å²) in [5.74, 6) is 0.446. The Balaban J connectivity index is 1.71. The molecule has 0 aliphatic rings. The van der Waals surface area contributed by atoms with Crippen LogP contribution >= 0.6 is 11.7 Å². The van der Waals surface area contributed by atoms with Crippen molar-refractivity contribution >= 4 is 17.6 Å². The van der Waals surface area contributed by atoms with Crippen LogP contribution in [-0.2, 0) is 13.2 Å². The fraction of sp³-hybridized carbons (Fsp3) is 0.250. The number of hydrogen-bond donors (Lipinski definition) is 1. The van der Waals surface area contributed by atoms with Crippen LogP contribution in [-0.4, -0.2) is 37.8 Å². The van der Waals surface area contributed by atoms with E-state index in [2.05, 4.69) is 8.75 Å². The van der Waals surface area contributed by atoms with Gasteiger partial charge >= 0.3 is 0 Å². The molecule has 0 bridgehead atoms. The molecule has 0 saturated carbocycles. The van der Waals surface area contributed by atoms with Gasteiger partial charge in [0.25, 0.3) is 5.91 Å². The lowest BCUT2D eigenvalue weighted by Gasteiger charge is -2.22. The molecule has 140 valence electrons. The van der Waals surface area contributed by atoms with Crippen LogP contribution in [0.15, 0.2) is 54.6 Å². The molecule has 0 spiro atoms. The van der Waals surface area contributed by atoms with E-state index in [0.717, 1.165) is 28.7 Å². The van der Waals surface area contributed by atoms with Gasteiger partial charge < -0.3 is 14.7 Å². The van der Waals surface area contributed by atoms with E-state index in [-0.39, 0.29) is 19.1 Å². The summed E-state index contributed by atoms with van der Waals surface area (Å²) in [6.45, 7) is 2.81. The average Bonchev–Trinajstić information content (AvgIpc) is 3.11. The lowest BCUT2D eigenvalue weighted by Crippen LogP contribution is -2.33. The fourth-order valence-corrected chi connectivity index (χ4v) is 3.16. The molecule has 1 aromatic heterocycles. The first-order valence-electron chi connectivity index (χ1n) is 8.62. The number of nitrogens with zero attached hydrogens (tertiary/aromatic N) is 3. The zero-order valence-corrected chi connectivity index (χ0v) is 15.9. The Morgan fingerprint density at radius 2 is 1.96 bits per heavy atom. The van der Waals surface area contributed by atoms with Gasteiger partial charge in [-0.05, 0) is 30.7 Å². The normalized spacial score (nSPS) is 10.6. The van der Waals surface area contributed by atoms with Crippen LogP contribution in [0, 0.1) is 6.92 Å². The van der Waals surface area contributed by atoms with Crippen molar-refractivity contribution in [2.45, 2.75) is 20.1 Å². The Morgan fingerprint density at radius 3 is 2.67 bits per heavy atom. The molecule has 3 rings (SSSR count). The number of amides is 1. The summed E-state index contributed by atoms with van der Waals surface area (Å²) in [4.78, 5) is 14.5. The Kier molecular flexibility index (Phi) is 6.51. The van der Waals surface area contributed by atoms with Gasteiger partial charge in [0, 0.05) is 18.7 Å². The molecule has 3 aromatic rings. The third kappa shape index (κ3) is 5.12. The zero-order valence-electron chi connectivity index (χ0n) is 15.0. The van der Waals surface area contributed by atoms with Crippen LogP contribution in [0.4, 0.5) is 0 Å². The van der Waals surface area contributed by atoms with Crippen molar-refractivity contribution in [3.05, 3.63) is 77.1 Å². The molecule has 0 aliphatic heterocycles. The largest absolute Gasteiger partial charge is 0.487 e. The maximum Gasteiger partial charge on any atom is 0.254 e. The highest BCUT2D eigenvalue weighted by Crippen LogP contribution is 2.18. The van der Waals surface area contributed by atoms with Crippen molar-refractivity contribution in [2.75, 3.05) is 13.2 Å². The van der Waals surface area contributed by atoms with Gasteiger partial charge in [0.2, 0.25) is 0 Å². The molecular formula is C20H21N3O3S. The van der Waals surface area contributed by atoms with Crippen molar-refractivity contribution < 1.29 is 14.6 Å². The summed E-state index contributed by atoms with van der Waals surface area (Å²) in [6.07, 6.45) is 0. The van der Waals surface area contributed by atoms with Crippen LogP contribution in [0.3, 0.4) is 0 Å². The minimum absolute atomic E-state index is 0.0924. The van der Waals surface area contributed by atoms with E-state index in [1.54, 1.807) is 29.2 Å². The van der Waals surface area contributed by atoms with Crippen LogP contribution in [0.2, 0.25) is 0 Å². The number of aliphatic hydroxyl groups excluding tert-OH is 1. The summed E-state index contributed by atoms with van der Waals surface area (Å²) in [5, 5.41) is 9.35. The number of carbonyl (C=O) groups excluding carboxylic acids is 1. The molecule has 0 aliphatic carbocycles. The first-order chi connectivity index (χ1) is 13.2.